The summed E-state index contributed by atoms with van der Waals surface area (Å²) < 4.78 is 39.5. The minimum absolute atomic E-state index is 0.0253. The summed E-state index contributed by atoms with van der Waals surface area (Å²) in [6.45, 7) is 0. The number of aromatic nitrogens is 3. The van der Waals surface area contributed by atoms with Gasteiger partial charge in [0.1, 0.15) is 0 Å². The van der Waals surface area contributed by atoms with Crippen molar-refractivity contribution in [3.63, 3.8) is 0 Å². The lowest BCUT2D eigenvalue weighted by Crippen LogP contribution is -2.06. The Morgan fingerprint density at radius 2 is 2.00 bits per heavy atom. The molecule has 0 spiro atoms. The Hall–Kier alpha value is -1.57. The number of anilines is 1. The van der Waals surface area contributed by atoms with E-state index in [2.05, 4.69) is 26.0 Å². The largest absolute Gasteiger partial charge is 0.417 e. The van der Waals surface area contributed by atoms with E-state index in [4.69, 9.17) is 5.73 Å². The molecule has 0 saturated carbocycles. The lowest BCUT2D eigenvalue weighted by molar-refractivity contribution is -0.138. The molecule has 0 aliphatic carbocycles. The molecule has 0 radical (unpaired) electrons. The van der Waals surface area contributed by atoms with Gasteiger partial charge in [0.05, 0.1) is 5.56 Å². The van der Waals surface area contributed by atoms with Gasteiger partial charge in [-0.25, -0.2) is 4.68 Å². The minimum atomic E-state index is -4.44. The van der Waals surface area contributed by atoms with Crippen LogP contribution in [0.4, 0.5) is 19.1 Å². The van der Waals surface area contributed by atoms with Crippen LogP contribution in [0.5, 0.6) is 0 Å². The van der Waals surface area contributed by atoms with Crippen LogP contribution in [0.2, 0.25) is 0 Å². The number of rotatable bonds is 1. The summed E-state index contributed by atoms with van der Waals surface area (Å²) in [5.41, 5.74) is 4.98. The van der Waals surface area contributed by atoms with E-state index in [1.807, 2.05) is 0 Å². The van der Waals surface area contributed by atoms with Crippen LogP contribution in [-0.2, 0) is 13.2 Å². The van der Waals surface area contributed by atoms with E-state index < -0.39 is 11.7 Å². The average molecular weight is 321 g/mol. The number of aryl methyl sites for hydroxylation is 1. The van der Waals surface area contributed by atoms with Crippen molar-refractivity contribution in [3.8, 4) is 11.4 Å². The van der Waals surface area contributed by atoms with E-state index in [1.54, 1.807) is 7.05 Å². The fourth-order valence-corrected chi connectivity index (χ4v) is 1.87. The Morgan fingerprint density at radius 1 is 1.33 bits per heavy atom. The van der Waals surface area contributed by atoms with Crippen molar-refractivity contribution in [1.29, 1.82) is 0 Å². The summed E-state index contributed by atoms with van der Waals surface area (Å²) in [5.74, 6) is 0.300. The monoisotopic (exact) mass is 320 g/mol. The van der Waals surface area contributed by atoms with Crippen molar-refractivity contribution < 1.29 is 13.2 Å². The maximum atomic E-state index is 12.7. The Kier molecular flexibility index (Phi) is 3.05. The molecule has 1 heterocycles. The second-order valence-corrected chi connectivity index (χ2v) is 4.46. The zero-order valence-electron chi connectivity index (χ0n) is 9.16. The van der Waals surface area contributed by atoms with Gasteiger partial charge in [0.2, 0.25) is 5.95 Å². The van der Waals surface area contributed by atoms with Crippen LogP contribution in [0.15, 0.2) is 22.7 Å². The number of alkyl halides is 3. The van der Waals surface area contributed by atoms with E-state index in [9.17, 15) is 13.2 Å². The molecule has 0 amide bonds. The fourth-order valence-electron chi connectivity index (χ4n) is 1.40. The van der Waals surface area contributed by atoms with E-state index in [-0.39, 0.29) is 21.8 Å². The number of halogens is 4. The van der Waals surface area contributed by atoms with Crippen LogP contribution in [0, 0.1) is 0 Å². The van der Waals surface area contributed by atoms with Gasteiger partial charge < -0.3 is 5.73 Å². The molecule has 1 aromatic heterocycles. The zero-order valence-corrected chi connectivity index (χ0v) is 10.7. The molecular weight excluding hydrogens is 313 g/mol. The Labute approximate surface area is 109 Å². The molecule has 0 aliphatic heterocycles. The summed E-state index contributed by atoms with van der Waals surface area (Å²) in [7, 11) is 1.56. The third-order valence-corrected chi connectivity index (χ3v) is 3.02. The molecule has 0 bridgehead atoms. The van der Waals surface area contributed by atoms with Crippen LogP contribution in [0.3, 0.4) is 0 Å². The van der Waals surface area contributed by atoms with Crippen LogP contribution < -0.4 is 5.73 Å². The van der Waals surface area contributed by atoms with E-state index in [0.717, 1.165) is 6.07 Å². The van der Waals surface area contributed by atoms with E-state index in [1.165, 1.54) is 16.8 Å². The van der Waals surface area contributed by atoms with Crippen molar-refractivity contribution in [3.05, 3.63) is 28.2 Å². The quantitative estimate of drug-likeness (QED) is 0.879. The highest BCUT2D eigenvalue weighted by molar-refractivity contribution is 9.10. The normalized spacial score (nSPS) is 11.8. The van der Waals surface area contributed by atoms with Crippen molar-refractivity contribution in [2.24, 2.45) is 7.05 Å². The van der Waals surface area contributed by atoms with Crippen molar-refractivity contribution in [2.75, 3.05) is 5.73 Å². The molecular formula is C10H8BrF3N4. The van der Waals surface area contributed by atoms with Gasteiger partial charge in [0, 0.05) is 17.1 Å². The third kappa shape index (κ3) is 2.33. The summed E-state index contributed by atoms with van der Waals surface area (Å²) >= 11 is 2.87. The Balaban J connectivity index is 2.54. The first-order chi connectivity index (χ1) is 8.29. The smallest absolute Gasteiger partial charge is 0.368 e. The molecule has 1 aromatic carbocycles. The molecule has 96 valence electrons. The van der Waals surface area contributed by atoms with Crippen molar-refractivity contribution in [1.82, 2.24) is 14.8 Å². The molecule has 0 fully saturated rings. The van der Waals surface area contributed by atoms with E-state index >= 15 is 0 Å². The van der Waals surface area contributed by atoms with Gasteiger partial charge in [0.25, 0.3) is 0 Å². The molecule has 2 aromatic rings. The summed E-state index contributed by atoms with van der Waals surface area (Å²) in [5, 5.41) is 3.93. The molecule has 0 saturated heterocycles. The standard InChI is InChI=1S/C10H8BrF3N4/c1-18-9(15)16-8(17-18)5-2-3-7(11)6(4-5)10(12,13)14/h2-4H,1H3,(H2,15,16,17). The predicted molar refractivity (Wildman–Crippen MR) is 63.6 cm³/mol. The van der Waals surface area contributed by atoms with Crippen LogP contribution in [-0.4, -0.2) is 14.8 Å². The lowest BCUT2D eigenvalue weighted by Gasteiger charge is -2.09. The van der Waals surface area contributed by atoms with Crippen LogP contribution in [0.25, 0.3) is 11.4 Å². The van der Waals surface area contributed by atoms with Crippen molar-refractivity contribution >= 4 is 21.9 Å². The third-order valence-electron chi connectivity index (χ3n) is 2.33. The van der Waals surface area contributed by atoms with Gasteiger partial charge in [-0.2, -0.15) is 18.2 Å². The van der Waals surface area contributed by atoms with Crippen molar-refractivity contribution in [2.45, 2.75) is 6.18 Å². The Bertz CT molecular complexity index is 572. The SMILES string of the molecule is Cn1nc(-c2ccc(Br)c(C(F)(F)F)c2)nc1N. The number of hydrogen-bond donors (Lipinski definition) is 1. The maximum Gasteiger partial charge on any atom is 0.417 e. The summed E-state index contributed by atoms with van der Waals surface area (Å²) in [6, 6.07) is 3.79. The highest BCUT2D eigenvalue weighted by Gasteiger charge is 2.33. The zero-order chi connectivity index (χ0) is 13.5. The number of hydrogen-bond acceptors (Lipinski definition) is 3. The van der Waals surface area contributed by atoms with Gasteiger partial charge in [-0.1, -0.05) is 15.9 Å². The molecule has 2 N–H and O–H groups in total. The molecule has 0 aliphatic rings. The molecule has 18 heavy (non-hydrogen) atoms. The van der Waals surface area contributed by atoms with Gasteiger partial charge in [0.15, 0.2) is 5.82 Å². The second kappa shape index (κ2) is 4.27. The van der Waals surface area contributed by atoms with E-state index in [0.29, 0.717) is 0 Å². The number of nitrogens with two attached hydrogens (primary N) is 1. The summed E-state index contributed by atoms with van der Waals surface area (Å²) in [6.07, 6.45) is -4.44. The van der Waals surface area contributed by atoms with Crippen LogP contribution in [0.1, 0.15) is 5.56 Å². The lowest BCUT2D eigenvalue weighted by atomic mass is 10.1. The first-order valence-corrected chi connectivity index (χ1v) is 5.62. The highest BCUT2D eigenvalue weighted by atomic mass is 79.9. The molecule has 0 atom stereocenters. The highest BCUT2D eigenvalue weighted by Crippen LogP contribution is 2.36. The van der Waals surface area contributed by atoms with Gasteiger partial charge in [-0.15, -0.1) is 5.10 Å². The first kappa shape index (κ1) is 12.9. The average Bonchev–Trinajstić information content (AvgIpc) is 2.58. The van der Waals surface area contributed by atoms with Gasteiger partial charge in [-0.3, -0.25) is 0 Å². The number of nitrogens with zero attached hydrogens (tertiary/aromatic N) is 3. The Morgan fingerprint density at radius 3 is 2.50 bits per heavy atom. The topological polar surface area (TPSA) is 56.7 Å². The van der Waals surface area contributed by atoms with Crippen LogP contribution >= 0.6 is 15.9 Å². The predicted octanol–water partition coefficient (Wildman–Crippen LogP) is 2.85. The van der Waals surface area contributed by atoms with Gasteiger partial charge >= 0.3 is 6.18 Å². The first-order valence-electron chi connectivity index (χ1n) is 4.82. The molecule has 0 unspecified atom stereocenters. The molecule has 2 rings (SSSR count). The minimum Gasteiger partial charge on any atom is -0.368 e. The number of benzene rings is 1. The number of nitrogen functional groups attached to an aromatic ring is 1. The molecule has 8 heteroatoms. The fraction of sp³-hybridized carbons (Fsp3) is 0.200. The molecule has 4 nitrogen and oxygen atoms in total. The second-order valence-electron chi connectivity index (χ2n) is 3.61. The maximum absolute atomic E-state index is 12.7. The van der Waals surface area contributed by atoms with Gasteiger partial charge in [-0.05, 0) is 18.2 Å². The summed E-state index contributed by atoms with van der Waals surface area (Å²) in [4.78, 5) is 3.88.